The Labute approximate surface area is 585 Å². The summed E-state index contributed by atoms with van der Waals surface area (Å²) in [6.45, 7) is 15.9. The number of nitrogens with two attached hydrogens (primary N) is 3. The van der Waals surface area contributed by atoms with Gasteiger partial charge in [-0.15, -0.1) is 0 Å². The second-order valence-electron chi connectivity index (χ2n) is 25.2. The second kappa shape index (κ2) is 45.0. The first-order valence-electron chi connectivity index (χ1n) is 34.3. The average Bonchev–Trinajstić information content (AvgIpc) is 0.873. The number of guanidine groups is 1. The van der Waals surface area contributed by atoms with Crippen LogP contribution in [0.1, 0.15) is 156 Å². The lowest BCUT2D eigenvalue weighted by molar-refractivity contribution is -0.139. The molecule has 3 aromatic rings. The minimum Gasteiger partial charge on any atom is -0.508 e. The zero-order valence-corrected chi connectivity index (χ0v) is 59.1. The average molecular weight is 1400 g/mol. The number of nitrogens with zero attached hydrogens (tertiary/aromatic N) is 3. The maximum Gasteiger partial charge on any atom is 0.247 e. The number of hydrogen-bond donors (Lipinski definition) is 17. The van der Waals surface area contributed by atoms with E-state index >= 15 is 0 Å². The number of hydrogen-bond acceptors (Lipinski definition) is 17. The molecule has 554 valence electrons. The standard InChI is InChI=1S/C68H108N18O14/c1-10-14-15-19-28-49(59(71)92)80-66(99)57(43(9)87)84-63(96)50(32-40(5)6)82-65(98)56(41(7)11-2)83-54(90)37-76-64(97)58(45-25-22-26-47(88)33-45)85-60(93)42(8)78-61(94)51(34-46-36-72-39-77-46)81-62(95)52(35-53(70)89)79-55(91)38-86(31-29-44-23-17-16-18-24-44)67(100)48(69)27-20-21-30-75-68(73-12-3)74-13-4/h16-18,22-26,33,36,39-43,48-52,56-58,87-88H,10-15,19-21,27-32,34-35,37-38,69H2,1-9H3,(H2,70,89)(H2,71,92)(H,72,77)(H,76,97)(H,78,94)(H,79,91)(H,80,99)(H,81,95)(H,82,98)(H,83,90)(H,84,96)(H,85,93)(H2,73,74,75)/t41-,42-,43+,48-,49-,50-,51-,52-,56-,57-,58-/m0/s1. The second-order valence-corrected chi connectivity index (χ2v) is 25.2. The maximum absolute atomic E-state index is 14.3. The van der Waals surface area contributed by atoms with Crippen LogP contribution in [0.4, 0.5) is 0 Å². The molecule has 0 fully saturated rings. The molecule has 1 aromatic heterocycles. The van der Waals surface area contributed by atoms with Gasteiger partial charge in [0, 0.05) is 44.5 Å². The molecule has 0 saturated heterocycles. The van der Waals surface area contributed by atoms with Gasteiger partial charge >= 0.3 is 0 Å². The summed E-state index contributed by atoms with van der Waals surface area (Å²) >= 11 is 0. The highest BCUT2D eigenvalue weighted by atomic mass is 16.3. The molecule has 12 amide bonds. The minimum absolute atomic E-state index is 0.0242. The Bertz CT molecular complexity index is 3150. The van der Waals surface area contributed by atoms with E-state index in [2.05, 4.69) is 73.4 Å². The molecule has 0 aliphatic rings. The summed E-state index contributed by atoms with van der Waals surface area (Å²) < 4.78 is 0. The molecule has 2 aromatic carbocycles. The molecule has 20 N–H and O–H groups in total. The highest BCUT2D eigenvalue weighted by molar-refractivity contribution is 5.99. The van der Waals surface area contributed by atoms with E-state index in [9.17, 15) is 67.7 Å². The Hall–Kier alpha value is -9.72. The van der Waals surface area contributed by atoms with Crippen molar-refractivity contribution in [1.82, 2.24) is 73.4 Å². The molecule has 0 bridgehead atoms. The molecule has 100 heavy (non-hydrogen) atoms. The maximum atomic E-state index is 14.3. The Balaban J connectivity index is 1.80. The third-order valence-electron chi connectivity index (χ3n) is 16.2. The smallest absolute Gasteiger partial charge is 0.247 e. The van der Waals surface area contributed by atoms with E-state index in [0.717, 1.165) is 24.8 Å². The fourth-order valence-electron chi connectivity index (χ4n) is 10.4. The number of nitrogens with one attached hydrogen (secondary N) is 12. The van der Waals surface area contributed by atoms with Gasteiger partial charge in [0.2, 0.25) is 70.9 Å². The van der Waals surface area contributed by atoms with Crippen molar-refractivity contribution in [2.24, 2.45) is 34.0 Å². The topological polar surface area (TPSA) is 500 Å². The molecule has 0 unspecified atom stereocenters. The minimum atomic E-state index is -1.69. The molecule has 0 aliphatic carbocycles. The molecular weight excluding hydrogens is 1290 g/mol. The predicted octanol–water partition coefficient (Wildman–Crippen LogP) is -1.01. The number of H-pyrrole nitrogens is 1. The van der Waals surface area contributed by atoms with Crippen molar-refractivity contribution in [1.29, 1.82) is 0 Å². The highest BCUT2D eigenvalue weighted by Crippen LogP contribution is 2.20. The van der Waals surface area contributed by atoms with E-state index in [-0.39, 0.29) is 49.5 Å². The Kier molecular flexibility index (Phi) is 38.1. The van der Waals surface area contributed by atoms with E-state index in [0.29, 0.717) is 63.4 Å². The van der Waals surface area contributed by atoms with Crippen LogP contribution in [0.25, 0.3) is 0 Å². The molecule has 0 saturated carbocycles. The number of aliphatic imine (C=N–C) groups is 1. The number of rotatable bonds is 46. The largest absolute Gasteiger partial charge is 0.508 e. The van der Waals surface area contributed by atoms with Crippen LogP contribution in [-0.2, 0) is 70.4 Å². The van der Waals surface area contributed by atoms with Gasteiger partial charge in [0.05, 0.1) is 38.0 Å². The molecule has 1 heterocycles. The number of carbonyl (C=O) groups excluding carboxylic acids is 12. The summed E-state index contributed by atoms with van der Waals surface area (Å²) in [5, 5.41) is 50.2. The SMILES string of the molecule is CCCCCC[C@H](NC(=O)[C@@H](NC(=O)[C@H](CC(C)C)NC(=O)[C@@H](NC(=O)CNC(=O)[C@@H](NC(=O)[C@H](C)NC(=O)[C@H](Cc1cnc[nH]1)NC(=O)[C@H](CC(N)=O)NC(=O)CN(CCc1ccccc1)C(=O)[C@@H](N)CCCCN=C(NCC)NCC)c1cccc(O)c1)[C@@H](C)CC)[C@@H](C)O)C(N)=O. The van der Waals surface area contributed by atoms with Gasteiger partial charge in [0.25, 0.3) is 0 Å². The number of primary amides is 2. The van der Waals surface area contributed by atoms with Crippen LogP contribution in [0.2, 0.25) is 0 Å². The molecule has 32 heteroatoms. The Morgan fingerprint density at radius 3 is 1.87 bits per heavy atom. The Morgan fingerprint density at radius 1 is 0.630 bits per heavy atom. The number of carbonyl (C=O) groups is 12. The van der Waals surface area contributed by atoms with Gasteiger partial charge in [0.15, 0.2) is 5.96 Å². The predicted molar refractivity (Wildman–Crippen MR) is 374 cm³/mol. The van der Waals surface area contributed by atoms with E-state index in [4.69, 9.17) is 17.2 Å². The van der Waals surface area contributed by atoms with Gasteiger partial charge < -0.3 is 95.8 Å². The van der Waals surface area contributed by atoms with Crippen molar-refractivity contribution in [2.75, 3.05) is 39.3 Å². The van der Waals surface area contributed by atoms with Crippen molar-refractivity contribution < 1.29 is 67.7 Å². The monoisotopic (exact) mass is 1400 g/mol. The number of phenolic OH excluding ortho intramolecular Hbond substituents is 1. The van der Waals surface area contributed by atoms with Crippen LogP contribution < -0.4 is 75.7 Å². The highest BCUT2D eigenvalue weighted by Gasteiger charge is 2.37. The van der Waals surface area contributed by atoms with E-state index in [1.165, 1.54) is 55.5 Å². The fraction of sp³-hybridized carbons (Fsp3) is 0.588. The zero-order chi connectivity index (χ0) is 74.4. The number of aromatic nitrogens is 2. The number of unbranched alkanes of at least 4 members (excludes halogenated alkanes) is 4. The van der Waals surface area contributed by atoms with Crippen LogP contribution in [0, 0.1) is 11.8 Å². The number of amides is 12. The van der Waals surface area contributed by atoms with Crippen molar-refractivity contribution in [3.8, 4) is 5.75 Å². The normalized spacial score (nSPS) is 14.4. The molecule has 0 radical (unpaired) electrons. The van der Waals surface area contributed by atoms with E-state index in [1.54, 1.807) is 27.7 Å². The quantitative estimate of drug-likeness (QED) is 0.0183. The summed E-state index contributed by atoms with van der Waals surface area (Å²) in [6.07, 6.45) is 5.81. The number of aromatic amines is 1. The first-order valence-corrected chi connectivity index (χ1v) is 34.3. The lowest BCUT2D eigenvalue weighted by atomic mass is 9.96. The van der Waals surface area contributed by atoms with Crippen molar-refractivity contribution >= 4 is 76.8 Å². The molecule has 3 rings (SSSR count). The number of aromatic hydroxyl groups is 1. The summed E-state index contributed by atoms with van der Waals surface area (Å²) in [4.78, 5) is 177. The number of imidazole rings is 1. The van der Waals surface area contributed by atoms with Gasteiger partial charge in [-0.25, -0.2) is 4.98 Å². The van der Waals surface area contributed by atoms with Crippen LogP contribution in [0.3, 0.4) is 0 Å². The van der Waals surface area contributed by atoms with Crippen molar-refractivity contribution in [3.63, 3.8) is 0 Å². The number of aliphatic hydroxyl groups is 1. The van der Waals surface area contributed by atoms with Crippen LogP contribution >= 0.6 is 0 Å². The first-order chi connectivity index (χ1) is 47.5. The summed E-state index contributed by atoms with van der Waals surface area (Å²) in [5.74, 6) is -11.0. The summed E-state index contributed by atoms with van der Waals surface area (Å²) in [7, 11) is 0. The van der Waals surface area contributed by atoms with Crippen molar-refractivity contribution in [2.45, 2.75) is 206 Å². The number of aliphatic hydroxyl groups excluding tert-OH is 1. The fourth-order valence-corrected chi connectivity index (χ4v) is 10.4. The van der Waals surface area contributed by atoms with Crippen LogP contribution in [-0.4, -0.2) is 196 Å². The van der Waals surface area contributed by atoms with Crippen LogP contribution in [0.5, 0.6) is 5.75 Å². The van der Waals surface area contributed by atoms with Gasteiger partial charge in [-0.1, -0.05) is 109 Å². The van der Waals surface area contributed by atoms with E-state index < -0.39 is 157 Å². The molecule has 0 spiro atoms. The van der Waals surface area contributed by atoms with Gasteiger partial charge in [-0.05, 0) is 101 Å². The third kappa shape index (κ3) is 31.0. The Morgan fingerprint density at radius 2 is 1.27 bits per heavy atom. The molecular formula is C68H108N18O14. The summed E-state index contributed by atoms with van der Waals surface area (Å²) in [6, 6.07) is 1.83. The lowest BCUT2D eigenvalue weighted by Gasteiger charge is -2.29. The molecule has 11 atom stereocenters. The van der Waals surface area contributed by atoms with Crippen molar-refractivity contribution in [3.05, 3.63) is 83.9 Å². The lowest BCUT2D eigenvalue weighted by Crippen LogP contribution is -2.61. The van der Waals surface area contributed by atoms with E-state index in [1.807, 2.05) is 51.1 Å². The third-order valence-corrected chi connectivity index (χ3v) is 16.2. The van der Waals surface area contributed by atoms with Gasteiger partial charge in [0.1, 0.15) is 54.1 Å². The molecule has 32 nitrogen and oxygen atoms in total. The van der Waals surface area contributed by atoms with Gasteiger partial charge in [-0.3, -0.25) is 62.5 Å². The van der Waals surface area contributed by atoms with Gasteiger partial charge in [-0.2, -0.15) is 0 Å². The zero-order valence-electron chi connectivity index (χ0n) is 59.1. The number of phenols is 1. The first kappa shape index (κ1) is 84.5. The molecule has 0 aliphatic heterocycles. The number of benzene rings is 2. The summed E-state index contributed by atoms with van der Waals surface area (Å²) in [5.41, 5.74) is 18.8. The van der Waals surface area contributed by atoms with Crippen LogP contribution in [0.15, 0.2) is 72.1 Å².